The molecule has 1 aliphatic heterocycles. The molecule has 23 heavy (non-hydrogen) atoms. The Labute approximate surface area is 140 Å². The summed E-state index contributed by atoms with van der Waals surface area (Å²) in [7, 11) is 0. The van der Waals surface area contributed by atoms with E-state index in [1.165, 1.54) is 24.2 Å². The van der Waals surface area contributed by atoms with Crippen LogP contribution in [-0.4, -0.2) is 22.6 Å². The summed E-state index contributed by atoms with van der Waals surface area (Å²) in [5, 5.41) is 8.64. The summed E-state index contributed by atoms with van der Waals surface area (Å²) < 4.78 is 0. The number of imide groups is 1. The fourth-order valence-electron chi connectivity index (χ4n) is 3.09. The highest BCUT2D eigenvalue weighted by Crippen LogP contribution is 2.34. The lowest BCUT2D eigenvalue weighted by molar-refractivity contribution is -0.123. The summed E-state index contributed by atoms with van der Waals surface area (Å²) in [5.74, 6) is 0.265. The van der Waals surface area contributed by atoms with E-state index in [9.17, 15) is 9.59 Å². The highest BCUT2D eigenvalue weighted by molar-refractivity contribution is 8.18. The van der Waals surface area contributed by atoms with E-state index in [-0.39, 0.29) is 11.1 Å². The average molecular weight is 326 g/mol. The second-order valence-electron chi connectivity index (χ2n) is 6.03. The molecule has 2 amide bonds. The molecule has 0 N–H and O–H groups in total. The van der Waals surface area contributed by atoms with Gasteiger partial charge in [-0.2, -0.15) is 5.26 Å². The summed E-state index contributed by atoms with van der Waals surface area (Å²) >= 11 is 1.01. The van der Waals surface area contributed by atoms with Gasteiger partial charge in [0, 0.05) is 6.54 Å². The van der Waals surface area contributed by atoms with Gasteiger partial charge in [-0.15, -0.1) is 0 Å². The lowest BCUT2D eigenvalue weighted by Gasteiger charge is -2.25. The molecule has 2 aliphatic rings. The zero-order valence-electron chi connectivity index (χ0n) is 12.8. The molecule has 3 rings (SSSR count). The van der Waals surface area contributed by atoms with Crippen LogP contribution >= 0.6 is 11.8 Å². The lowest BCUT2D eigenvalue weighted by Crippen LogP contribution is -2.34. The molecular weight excluding hydrogens is 308 g/mol. The molecule has 0 unspecified atom stereocenters. The summed E-state index contributed by atoms with van der Waals surface area (Å²) in [4.78, 5) is 26.5. The minimum Gasteiger partial charge on any atom is -0.268 e. The third-order valence-corrected chi connectivity index (χ3v) is 5.28. The summed E-state index contributed by atoms with van der Waals surface area (Å²) in [6.45, 7) is 0.551. The van der Waals surface area contributed by atoms with Crippen LogP contribution in [-0.2, 0) is 4.79 Å². The number of thioether (sulfide) groups is 1. The van der Waals surface area contributed by atoms with Crippen molar-refractivity contribution in [3.05, 3.63) is 40.3 Å². The number of rotatable bonds is 3. The summed E-state index contributed by atoms with van der Waals surface area (Å²) in [6, 6.07) is 9.04. The van der Waals surface area contributed by atoms with Crippen molar-refractivity contribution in [2.24, 2.45) is 5.92 Å². The first kappa shape index (κ1) is 15.8. The van der Waals surface area contributed by atoms with Crippen molar-refractivity contribution in [2.45, 2.75) is 32.1 Å². The minimum atomic E-state index is -0.185. The van der Waals surface area contributed by atoms with Gasteiger partial charge in [-0.05, 0) is 54.3 Å². The van der Waals surface area contributed by atoms with Crippen molar-refractivity contribution in [1.82, 2.24) is 4.90 Å². The van der Waals surface area contributed by atoms with E-state index in [1.54, 1.807) is 30.3 Å². The zero-order valence-corrected chi connectivity index (χ0v) is 13.6. The quantitative estimate of drug-likeness (QED) is 0.782. The maximum absolute atomic E-state index is 12.5. The normalized spacial score (nSPS) is 21.0. The maximum atomic E-state index is 12.5. The van der Waals surface area contributed by atoms with Crippen LogP contribution in [0.2, 0.25) is 0 Å². The maximum Gasteiger partial charge on any atom is 0.293 e. The lowest BCUT2D eigenvalue weighted by atomic mass is 9.89. The van der Waals surface area contributed by atoms with E-state index in [0.717, 1.165) is 30.2 Å². The summed E-state index contributed by atoms with van der Waals surface area (Å²) in [5.41, 5.74) is 1.40. The Hall–Kier alpha value is -2.06. The van der Waals surface area contributed by atoms with Crippen molar-refractivity contribution in [1.29, 1.82) is 5.26 Å². The zero-order chi connectivity index (χ0) is 16.2. The van der Waals surface area contributed by atoms with E-state index in [0.29, 0.717) is 22.9 Å². The Balaban J connectivity index is 1.71. The van der Waals surface area contributed by atoms with Gasteiger partial charge in [0.2, 0.25) is 0 Å². The van der Waals surface area contributed by atoms with Crippen molar-refractivity contribution < 1.29 is 9.59 Å². The van der Waals surface area contributed by atoms with Crippen LogP contribution in [0.1, 0.15) is 43.2 Å². The molecule has 0 spiro atoms. The van der Waals surface area contributed by atoms with E-state index in [1.807, 2.05) is 0 Å². The molecule has 0 aromatic heterocycles. The molecule has 2 fully saturated rings. The van der Waals surface area contributed by atoms with Crippen LogP contribution in [0.5, 0.6) is 0 Å². The first-order valence-corrected chi connectivity index (χ1v) is 8.74. The third kappa shape index (κ3) is 3.65. The number of nitrogens with zero attached hydrogens (tertiary/aromatic N) is 2. The second kappa shape index (κ2) is 7.01. The van der Waals surface area contributed by atoms with Crippen molar-refractivity contribution in [2.75, 3.05) is 6.54 Å². The first-order chi connectivity index (χ1) is 11.2. The van der Waals surface area contributed by atoms with Gasteiger partial charge in [-0.1, -0.05) is 31.4 Å². The largest absolute Gasteiger partial charge is 0.293 e. The van der Waals surface area contributed by atoms with Gasteiger partial charge in [-0.25, -0.2) is 0 Å². The number of benzene rings is 1. The molecule has 1 aromatic rings. The molecule has 1 saturated heterocycles. The molecule has 1 saturated carbocycles. The van der Waals surface area contributed by atoms with Crippen molar-refractivity contribution in [3.8, 4) is 6.07 Å². The van der Waals surface area contributed by atoms with Gasteiger partial charge < -0.3 is 0 Å². The highest BCUT2D eigenvalue weighted by Gasteiger charge is 2.36. The number of amides is 2. The fourth-order valence-corrected chi connectivity index (χ4v) is 3.94. The molecule has 5 heteroatoms. The Morgan fingerprint density at radius 1 is 1.17 bits per heavy atom. The SMILES string of the molecule is N#Cc1ccc(/C=C2/SC(=O)N(CC3CCCCC3)C2=O)cc1. The predicted molar refractivity (Wildman–Crippen MR) is 90.4 cm³/mol. The number of carbonyl (C=O) groups is 2. The third-order valence-electron chi connectivity index (χ3n) is 4.38. The van der Waals surface area contributed by atoms with Crippen LogP contribution in [0.4, 0.5) is 4.79 Å². The standard InChI is InChI=1S/C18H18N2O2S/c19-11-14-8-6-13(7-9-14)10-16-17(21)20(18(22)23-16)12-15-4-2-1-3-5-15/h6-10,15H,1-5,12H2/b16-10+. The van der Waals surface area contributed by atoms with E-state index >= 15 is 0 Å². The molecule has 1 aromatic carbocycles. The van der Waals surface area contributed by atoms with Gasteiger partial charge in [-0.3, -0.25) is 14.5 Å². The Bertz CT molecular complexity index is 682. The molecule has 0 radical (unpaired) electrons. The van der Waals surface area contributed by atoms with Crippen LogP contribution in [0.25, 0.3) is 6.08 Å². The Morgan fingerprint density at radius 3 is 2.52 bits per heavy atom. The number of carbonyl (C=O) groups excluding carboxylic acids is 2. The number of hydrogen-bond acceptors (Lipinski definition) is 4. The first-order valence-electron chi connectivity index (χ1n) is 7.93. The van der Waals surface area contributed by atoms with E-state index in [4.69, 9.17) is 5.26 Å². The molecule has 118 valence electrons. The smallest absolute Gasteiger partial charge is 0.268 e. The average Bonchev–Trinajstić information content (AvgIpc) is 2.84. The van der Waals surface area contributed by atoms with Gasteiger partial charge >= 0.3 is 0 Å². The highest BCUT2D eigenvalue weighted by atomic mass is 32.2. The van der Waals surface area contributed by atoms with Gasteiger partial charge in [0.05, 0.1) is 16.5 Å². The van der Waals surface area contributed by atoms with Crippen LogP contribution < -0.4 is 0 Å². The monoisotopic (exact) mass is 326 g/mol. The Morgan fingerprint density at radius 2 is 1.87 bits per heavy atom. The van der Waals surface area contributed by atoms with Crippen LogP contribution in [0.3, 0.4) is 0 Å². The number of hydrogen-bond donors (Lipinski definition) is 0. The predicted octanol–water partition coefficient (Wildman–Crippen LogP) is 4.17. The molecule has 1 aliphatic carbocycles. The molecule has 0 bridgehead atoms. The van der Waals surface area contributed by atoms with E-state index < -0.39 is 0 Å². The second-order valence-corrected chi connectivity index (χ2v) is 7.02. The van der Waals surface area contributed by atoms with Gasteiger partial charge in [0.25, 0.3) is 11.1 Å². The topological polar surface area (TPSA) is 61.2 Å². The minimum absolute atomic E-state index is 0.166. The van der Waals surface area contributed by atoms with Gasteiger partial charge in [0.15, 0.2) is 0 Å². The van der Waals surface area contributed by atoms with Gasteiger partial charge in [0.1, 0.15) is 0 Å². The summed E-state index contributed by atoms with van der Waals surface area (Å²) in [6.07, 6.45) is 7.60. The van der Waals surface area contributed by atoms with Crippen molar-refractivity contribution >= 4 is 29.0 Å². The molecule has 1 heterocycles. The molecule has 4 nitrogen and oxygen atoms in total. The van der Waals surface area contributed by atoms with Crippen molar-refractivity contribution in [3.63, 3.8) is 0 Å². The molecule has 0 atom stereocenters. The van der Waals surface area contributed by atoms with E-state index in [2.05, 4.69) is 6.07 Å². The fraction of sp³-hybridized carbons (Fsp3) is 0.389. The number of nitriles is 1. The Kier molecular flexibility index (Phi) is 4.82. The van der Waals surface area contributed by atoms with Crippen LogP contribution in [0.15, 0.2) is 29.2 Å². The van der Waals surface area contributed by atoms with Crippen LogP contribution in [0, 0.1) is 17.2 Å². The molecular formula is C18H18N2O2S.